The Bertz CT molecular complexity index is 2320. The van der Waals surface area contributed by atoms with E-state index >= 15 is 0 Å². The molecule has 0 saturated carbocycles. The molecule has 46 heavy (non-hydrogen) atoms. The normalized spacial score (nSPS) is 16.6. The Hall–Kier alpha value is -4.88. The molecule has 2 aliphatic rings. The van der Waals surface area contributed by atoms with E-state index in [2.05, 4.69) is 174 Å². The maximum absolute atomic E-state index is 2.46. The number of nitrogens with zero attached hydrogens (tertiary/aromatic N) is 1. The molecule has 2 aliphatic carbocycles. The molecular weight excluding hydrogens is 555 g/mol. The number of hydrogen-bond acceptors (Lipinski definition) is 0. The van der Waals surface area contributed by atoms with Crippen molar-refractivity contribution in [3.63, 3.8) is 0 Å². The average Bonchev–Trinajstić information content (AvgIpc) is 3.52. The van der Waals surface area contributed by atoms with Crippen molar-refractivity contribution in [3.05, 3.63) is 150 Å². The van der Waals surface area contributed by atoms with Crippen molar-refractivity contribution in [2.75, 3.05) is 0 Å². The molecule has 0 spiro atoms. The minimum Gasteiger partial charge on any atom is -0.309 e. The standard InChI is InChI=1S/C45H39N/c1-43(2)36-25-26-37-42(33-15-7-10-16-35(33)44(3,4)45(37,5)6)41(36)34-24-21-29(27-38(34)43)28-19-22-30(23-20-28)46-39-17-11-8-13-31(39)32-14-9-12-18-40(32)46/h7-27H,1-6H3. The molecule has 1 nitrogen and oxygen atoms in total. The van der Waals surface area contributed by atoms with Gasteiger partial charge in [0.15, 0.2) is 0 Å². The molecular formula is C45H39N. The van der Waals surface area contributed by atoms with Crippen LogP contribution in [0.5, 0.6) is 0 Å². The molecule has 0 N–H and O–H groups in total. The fourth-order valence-electron chi connectivity index (χ4n) is 8.73. The predicted octanol–water partition coefficient (Wildman–Crippen LogP) is 12.0. The van der Waals surface area contributed by atoms with Crippen molar-refractivity contribution < 1.29 is 0 Å². The van der Waals surface area contributed by atoms with Gasteiger partial charge in [-0.2, -0.15) is 0 Å². The van der Waals surface area contributed by atoms with Gasteiger partial charge in [0.25, 0.3) is 0 Å². The molecule has 0 radical (unpaired) electrons. The lowest BCUT2D eigenvalue weighted by Gasteiger charge is -2.49. The van der Waals surface area contributed by atoms with Crippen LogP contribution in [0.15, 0.2) is 127 Å². The van der Waals surface area contributed by atoms with Gasteiger partial charge in [-0.1, -0.05) is 139 Å². The van der Waals surface area contributed by atoms with E-state index in [1.165, 1.54) is 83.1 Å². The van der Waals surface area contributed by atoms with E-state index in [1.807, 2.05) is 0 Å². The van der Waals surface area contributed by atoms with Crippen LogP contribution in [0.4, 0.5) is 0 Å². The third-order valence-electron chi connectivity index (χ3n) is 12.0. The van der Waals surface area contributed by atoms with Gasteiger partial charge in [-0.05, 0) is 96.8 Å². The van der Waals surface area contributed by atoms with Gasteiger partial charge in [0.2, 0.25) is 0 Å². The second kappa shape index (κ2) is 9.10. The lowest BCUT2D eigenvalue weighted by atomic mass is 9.54. The summed E-state index contributed by atoms with van der Waals surface area (Å²) in [6.07, 6.45) is 0. The zero-order valence-electron chi connectivity index (χ0n) is 27.6. The highest BCUT2D eigenvalue weighted by atomic mass is 15.0. The number of aromatic nitrogens is 1. The molecule has 6 aromatic carbocycles. The van der Waals surface area contributed by atoms with Gasteiger partial charge >= 0.3 is 0 Å². The molecule has 0 atom stereocenters. The largest absolute Gasteiger partial charge is 0.309 e. The maximum Gasteiger partial charge on any atom is 0.0541 e. The Labute approximate surface area is 272 Å². The second-order valence-corrected chi connectivity index (χ2v) is 15.0. The first-order valence-electron chi connectivity index (χ1n) is 16.6. The quantitative estimate of drug-likeness (QED) is 0.188. The van der Waals surface area contributed by atoms with Gasteiger partial charge in [0.1, 0.15) is 0 Å². The molecule has 1 heteroatoms. The molecule has 1 aromatic heterocycles. The Balaban J connectivity index is 1.18. The van der Waals surface area contributed by atoms with E-state index in [1.54, 1.807) is 0 Å². The molecule has 1 heterocycles. The minimum atomic E-state index is -0.0926. The van der Waals surface area contributed by atoms with Crippen LogP contribution in [0, 0.1) is 0 Å². The second-order valence-electron chi connectivity index (χ2n) is 15.0. The monoisotopic (exact) mass is 593 g/mol. The van der Waals surface area contributed by atoms with Gasteiger partial charge in [-0.3, -0.25) is 0 Å². The summed E-state index contributed by atoms with van der Waals surface area (Å²) in [6.45, 7) is 14.5. The zero-order valence-corrected chi connectivity index (χ0v) is 27.6. The van der Waals surface area contributed by atoms with Crippen LogP contribution in [-0.2, 0) is 16.2 Å². The topological polar surface area (TPSA) is 4.93 Å². The van der Waals surface area contributed by atoms with Crippen LogP contribution in [0.25, 0.3) is 60.9 Å². The summed E-state index contributed by atoms with van der Waals surface area (Å²) in [5, 5.41) is 2.58. The van der Waals surface area contributed by atoms with Gasteiger partial charge in [-0.15, -0.1) is 0 Å². The highest BCUT2D eigenvalue weighted by Crippen LogP contribution is 2.60. The van der Waals surface area contributed by atoms with Crippen molar-refractivity contribution in [2.45, 2.75) is 57.8 Å². The van der Waals surface area contributed by atoms with Crippen LogP contribution in [0.3, 0.4) is 0 Å². The molecule has 0 bridgehead atoms. The third kappa shape index (κ3) is 3.41. The Morgan fingerprint density at radius 2 is 0.935 bits per heavy atom. The van der Waals surface area contributed by atoms with E-state index < -0.39 is 0 Å². The van der Waals surface area contributed by atoms with E-state index in [4.69, 9.17) is 0 Å². The van der Waals surface area contributed by atoms with Gasteiger partial charge in [0.05, 0.1) is 11.0 Å². The highest BCUT2D eigenvalue weighted by Gasteiger charge is 2.48. The molecule has 7 aromatic rings. The van der Waals surface area contributed by atoms with Gasteiger partial charge < -0.3 is 4.57 Å². The first-order valence-corrected chi connectivity index (χ1v) is 16.6. The Morgan fingerprint density at radius 1 is 0.413 bits per heavy atom. The summed E-state index contributed by atoms with van der Waals surface area (Å²) in [7, 11) is 0. The Morgan fingerprint density at radius 3 is 1.63 bits per heavy atom. The summed E-state index contributed by atoms with van der Waals surface area (Å²) in [4.78, 5) is 0. The molecule has 0 saturated heterocycles. The molecule has 224 valence electrons. The molecule has 0 fully saturated rings. The van der Waals surface area contributed by atoms with E-state index in [0.717, 1.165) is 0 Å². The predicted molar refractivity (Wildman–Crippen MR) is 195 cm³/mol. The van der Waals surface area contributed by atoms with Gasteiger partial charge in [0, 0.05) is 21.9 Å². The number of fused-ring (bicyclic) bond motifs is 10. The van der Waals surface area contributed by atoms with Crippen molar-refractivity contribution >= 4 is 21.8 Å². The fraction of sp³-hybridized carbons (Fsp3) is 0.200. The molecule has 0 amide bonds. The van der Waals surface area contributed by atoms with Crippen LogP contribution >= 0.6 is 0 Å². The van der Waals surface area contributed by atoms with Crippen LogP contribution < -0.4 is 0 Å². The van der Waals surface area contributed by atoms with Crippen LogP contribution in [0.1, 0.15) is 63.8 Å². The van der Waals surface area contributed by atoms with Crippen LogP contribution in [0.2, 0.25) is 0 Å². The SMILES string of the molecule is CC1(C)c2cc(-c3ccc(-n4c5ccccc5c5ccccc54)cc3)ccc2-c2c1ccc1c2-c2ccccc2C(C)(C)C1(C)C. The first-order chi connectivity index (χ1) is 22.1. The number of benzene rings is 6. The third-order valence-corrected chi connectivity index (χ3v) is 12.0. The average molecular weight is 594 g/mol. The molecule has 0 aliphatic heterocycles. The fourth-order valence-corrected chi connectivity index (χ4v) is 8.73. The Kier molecular flexibility index (Phi) is 5.43. The van der Waals surface area contributed by atoms with Crippen LogP contribution in [-0.4, -0.2) is 4.57 Å². The zero-order chi connectivity index (χ0) is 31.6. The van der Waals surface area contributed by atoms with Crippen molar-refractivity contribution in [2.24, 2.45) is 0 Å². The smallest absolute Gasteiger partial charge is 0.0541 e. The van der Waals surface area contributed by atoms with E-state index in [-0.39, 0.29) is 16.2 Å². The number of hydrogen-bond donors (Lipinski definition) is 0. The van der Waals surface area contributed by atoms with E-state index in [0.29, 0.717) is 0 Å². The number of rotatable bonds is 2. The first kappa shape index (κ1) is 27.4. The molecule has 9 rings (SSSR count). The van der Waals surface area contributed by atoms with Crippen molar-refractivity contribution in [1.82, 2.24) is 4.57 Å². The summed E-state index contributed by atoms with van der Waals surface area (Å²) in [5.74, 6) is 0. The summed E-state index contributed by atoms with van der Waals surface area (Å²) in [5.41, 5.74) is 17.5. The maximum atomic E-state index is 2.46. The molecule has 0 unspecified atom stereocenters. The van der Waals surface area contributed by atoms with E-state index in [9.17, 15) is 0 Å². The summed E-state index contributed by atoms with van der Waals surface area (Å²) < 4.78 is 2.39. The highest BCUT2D eigenvalue weighted by molar-refractivity contribution is 6.09. The van der Waals surface area contributed by atoms with Crippen molar-refractivity contribution in [1.29, 1.82) is 0 Å². The lowest BCUT2D eigenvalue weighted by molar-refractivity contribution is 0.299. The lowest BCUT2D eigenvalue weighted by Crippen LogP contribution is -2.43. The summed E-state index contributed by atoms with van der Waals surface area (Å²) >= 11 is 0. The number of para-hydroxylation sites is 2. The summed E-state index contributed by atoms with van der Waals surface area (Å²) in [6, 6.07) is 47.8. The minimum absolute atomic E-state index is 0.00330. The van der Waals surface area contributed by atoms with Gasteiger partial charge in [-0.25, -0.2) is 0 Å². The van der Waals surface area contributed by atoms with Crippen molar-refractivity contribution in [3.8, 4) is 39.1 Å².